The summed E-state index contributed by atoms with van der Waals surface area (Å²) in [6, 6.07) is 16.0. The van der Waals surface area contributed by atoms with Crippen LogP contribution in [-0.4, -0.2) is 25.6 Å². The highest BCUT2D eigenvalue weighted by molar-refractivity contribution is 7.13. The molecule has 4 rings (SSSR count). The Bertz CT molecular complexity index is 1020. The summed E-state index contributed by atoms with van der Waals surface area (Å²) in [7, 11) is 0. The fourth-order valence-electron chi connectivity index (χ4n) is 2.59. The van der Waals surface area contributed by atoms with Gasteiger partial charge in [0.25, 0.3) is 0 Å². The number of hydrogen-bond donors (Lipinski definition) is 1. The SMILES string of the molecule is O=C(O)c1csc(-c2ccc(Cn3cnc4ccccc43)cc2)n1. The Labute approximate surface area is 141 Å². The summed E-state index contributed by atoms with van der Waals surface area (Å²) in [4.78, 5) is 19.4. The van der Waals surface area contributed by atoms with Crippen molar-refractivity contribution in [2.24, 2.45) is 0 Å². The van der Waals surface area contributed by atoms with Crippen LogP contribution >= 0.6 is 11.3 Å². The van der Waals surface area contributed by atoms with Gasteiger partial charge in [0.1, 0.15) is 5.01 Å². The van der Waals surface area contributed by atoms with Crippen LogP contribution in [0.25, 0.3) is 21.6 Å². The fraction of sp³-hybridized carbons (Fsp3) is 0.0556. The van der Waals surface area contributed by atoms with E-state index in [1.54, 1.807) is 5.38 Å². The number of thiazole rings is 1. The van der Waals surface area contributed by atoms with Crippen molar-refractivity contribution in [3.05, 3.63) is 71.5 Å². The third-order valence-corrected chi connectivity index (χ3v) is 4.70. The average Bonchev–Trinajstić information content (AvgIpc) is 3.24. The van der Waals surface area contributed by atoms with Crippen molar-refractivity contribution in [2.75, 3.05) is 0 Å². The molecule has 0 spiro atoms. The summed E-state index contributed by atoms with van der Waals surface area (Å²) >= 11 is 1.34. The van der Waals surface area contributed by atoms with Crippen molar-refractivity contribution in [1.29, 1.82) is 0 Å². The van der Waals surface area contributed by atoms with Crippen LogP contribution < -0.4 is 0 Å². The van der Waals surface area contributed by atoms with Crippen LogP contribution in [0.3, 0.4) is 0 Å². The maximum absolute atomic E-state index is 10.9. The highest BCUT2D eigenvalue weighted by Gasteiger charge is 2.10. The molecule has 4 aromatic rings. The number of carbonyl (C=O) groups is 1. The molecular formula is C18H13N3O2S. The molecule has 118 valence electrons. The minimum Gasteiger partial charge on any atom is -0.476 e. The predicted octanol–water partition coefficient (Wildman–Crippen LogP) is 3.91. The summed E-state index contributed by atoms with van der Waals surface area (Å²) < 4.78 is 2.11. The van der Waals surface area contributed by atoms with Gasteiger partial charge in [0, 0.05) is 17.5 Å². The molecule has 0 bridgehead atoms. The van der Waals surface area contributed by atoms with E-state index in [4.69, 9.17) is 5.11 Å². The lowest BCUT2D eigenvalue weighted by molar-refractivity contribution is 0.0691. The molecule has 0 amide bonds. The Balaban J connectivity index is 1.58. The highest BCUT2D eigenvalue weighted by Crippen LogP contribution is 2.24. The first-order valence-electron chi connectivity index (χ1n) is 7.39. The second-order valence-electron chi connectivity index (χ2n) is 5.40. The van der Waals surface area contributed by atoms with Gasteiger partial charge in [-0.15, -0.1) is 11.3 Å². The largest absolute Gasteiger partial charge is 0.476 e. The van der Waals surface area contributed by atoms with Crippen LogP contribution in [0.15, 0.2) is 60.2 Å². The molecule has 0 radical (unpaired) electrons. The number of rotatable bonds is 4. The average molecular weight is 335 g/mol. The van der Waals surface area contributed by atoms with Crippen LogP contribution in [0.5, 0.6) is 0 Å². The molecule has 2 aromatic heterocycles. The fourth-order valence-corrected chi connectivity index (χ4v) is 3.39. The number of fused-ring (bicyclic) bond motifs is 1. The number of hydrogen-bond acceptors (Lipinski definition) is 4. The second kappa shape index (κ2) is 5.90. The third kappa shape index (κ3) is 2.68. The molecule has 5 nitrogen and oxygen atoms in total. The highest BCUT2D eigenvalue weighted by atomic mass is 32.1. The van der Waals surface area contributed by atoms with Crippen molar-refractivity contribution in [3.8, 4) is 10.6 Å². The lowest BCUT2D eigenvalue weighted by atomic mass is 10.1. The van der Waals surface area contributed by atoms with E-state index in [1.807, 2.05) is 48.8 Å². The van der Waals surface area contributed by atoms with Crippen LogP contribution in [0.4, 0.5) is 0 Å². The molecule has 2 aromatic carbocycles. The minimum atomic E-state index is -0.999. The summed E-state index contributed by atoms with van der Waals surface area (Å²) in [5, 5.41) is 11.2. The quantitative estimate of drug-likeness (QED) is 0.614. The van der Waals surface area contributed by atoms with E-state index in [9.17, 15) is 4.79 Å². The van der Waals surface area contributed by atoms with E-state index in [0.29, 0.717) is 5.01 Å². The van der Waals surface area contributed by atoms with E-state index in [-0.39, 0.29) is 5.69 Å². The summed E-state index contributed by atoms with van der Waals surface area (Å²) in [6.45, 7) is 0.735. The molecule has 2 heterocycles. The predicted molar refractivity (Wildman–Crippen MR) is 93.3 cm³/mol. The number of nitrogens with zero attached hydrogens (tertiary/aromatic N) is 3. The number of aromatic carboxylic acids is 1. The first-order chi connectivity index (χ1) is 11.7. The van der Waals surface area contributed by atoms with Crippen LogP contribution in [0.1, 0.15) is 16.1 Å². The lowest BCUT2D eigenvalue weighted by Gasteiger charge is -2.05. The molecule has 0 atom stereocenters. The van der Waals surface area contributed by atoms with E-state index in [2.05, 4.69) is 20.6 Å². The van der Waals surface area contributed by atoms with Gasteiger partial charge in [-0.2, -0.15) is 0 Å². The van der Waals surface area contributed by atoms with Gasteiger partial charge in [0.15, 0.2) is 5.69 Å². The van der Waals surface area contributed by atoms with Gasteiger partial charge < -0.3 is 9.67 Å². The maximum Gasteiger partial charge on any atom is 0.355 e. The Morgan fingerprint density at radius 3 is 2.67 bits per heavy atom. The first kappa shape index (κ1) is 14.6. The molecule has 0 aliphatic rings. The topological polar surface area (TPSA) is 68.0 Å². The molecule has 1 N–H and O–H groups in total. The van der Waals surface area contributed by atoms with Crippen molar-refractivity contribution in [1.82, 2.24) is 14.5 Å². The van der Waals surface area contributed by atoms with Crippen LogP contribution in [0, 0.1) is 0 Å². The maximum atomic E-state index is 10.9. The van der Waals surface area contributed by atoms with Crippen molar-refractivity contribution in [3.63, 3.8) is 0 Å². The van der Waals surface area contributed by atoms with Crippen molar-refractivity contribution >= 4 is 28.3 Å². The summed E-state index contributed by atoms with van der Waals surface area (Å²) in [6.07, 6.45) is 1.85. The third-order valence-electron chi connectivity index (χ3n) is 3.80. The number of imidazole rings is 1. The Morgan fingerprint density at radius 1 is 1.12 bits per heavy atom. The van der Waals surface area contributed by atoms with Gasteiger partial charge in [-0.25, -0.2) is 14.8 Å². The van der Waals surface area contributed by atoms with E-state index < -0.39 is 5.97 Å². The standard InChI is InChI=1S/C18H13N3O2S/c22-18(23)15-10-24-17(20-15)13-7-5-12(6-8-13)9-21-11-19-14-3-1-2-4-16(14)21/h1-8,10-11H,9H2,(H,22,23). The van der Waals surface area contributed by atoms with Gasteiger partial charge >= 0.3 is 5.97 Å². The second-order valence-corrected chi connectivity index (χ2v) is 6.26. The van der Waals surface area contributed by atoms with Crippen molar-refractivity contribution < 1.29 is 9.90 Å². The minimum absolute atomic E-state index is 0.0870. The Kier molecular flexibility index (Phi) is 3.59. The smallest absolute Gasteiger partial charge is 0.355 e. The molecule has 0 aliphatic carbocycles. The molecule has 6 heteroatoms. The van der Waals surface area contributed by atoms with Gasteiger partial charge in [0.2, 0.25) is 0 Å². The first-order valence-corrected chi connectivity index (χ1v) is 8.27. The van der Waals surface area contributed by atoms with Gasteiger partial charge in [-0.1, -0.05) is 36.4 Å². The van der Waals surface area contributed by atoms with Crippen LogP contribution in [0.2, 0.25) is 0 Å². The van der Waals surface area contributed by atoms with Crippen LogP contribution in [-0.2, 0) is 6.54 Å². The van der Waals surface area contributed by atoms with Gasteiger partial charge in [-0.3, -0.25) is 0 Å². The summed E-state index contributed by atoms with van der Waals surface area (Å²) in [5.41, 5.74) is 4.25. The zero-order valence-corrected chi connectivity index (χ0v) is 13.4. The van der Waals surface area contributed by atoms with E-state index in [0.717, 1.165) is 28.7 Å². The molecular weight excluding hydrogens is 322 g/mol. The normalized spacial score (nSPS) is 11.0. The van der Waals surface area contributed by atoms with Gasteiger partial charge in [0.05, 0.1) is 17.4 Å². The van der Waals surface area contributed by atoms with E-state index >= 15 is 0 Å². The number of para-hydroxylation sites is 2. The molecule has 0 fully saturated rings. The van der Waals surface area contributed by atoms with Crippen molar-refractivity contribution in [2.45, 2.75) is 6.54 Å². The zero-order valence-electron chi connectivity index (χ0n) is 12.6. The Hall–Kier alpha value is -2.99. The van der Waals surface area contributed by atoms with E-state index in [1.165, 1.54) is 11.3 Å². The van der Waals surface area contributed by atoms with Gasteiger partial charge in [-0.05, 0) is 17.7 Å². The molecule has 0 saturated carbocycles. The zero-order chi connectivity index (χ0) is 16.5. The molecule has 0 aliphatic heterocycles. The molecule has 0 unspecified atom stereocenters. The number of carboxylic acid groups (broad SMARTS) is 1. The number of carboxylic acids is 1. The summed E-state index contributed by atoms with van der Waals surface area (Å²) in [5.74, 6) is -0.999. The number of aromatic nitrogens is 3. The monoisotopic (exact) mass is 335 g/mol. The molecule has 24 heavy (non-hydrogen) atoms. The Morgan fingerprint density at radius 2 is 1.92 bits per heavy atom. The number of benzene rings is 2. The lowest BCUT2D eigenvalue weighted by Crippen LogP contribution is -1.98. The molecule has 0 saturated heterocycles.